The summed E-state index contributed by atoms with van der Waals surface area (Å²) in [6.45, 7) is 5.19. The van der Waals surface area contributed by atoms with Gasteiger partial charge in [0.2, 0.25) is 5.91 Å². The Morgan fingerprint density at radius 2 is 1.91 bits per heavy atom. The molecule has 2 N–H and O–H groups in total. The van der Waals surface area contributed by atoms with E-state index in [2.05, 4.69) is 5.32 Å². The number of rotatable bonds is 5. The Balaban J connectivity index is 1.95. The second-order valence-corrected chi connectivity index (χ2v) is 5.93. The van der Waals surface area contributed by atoms with Crippen LogP contribution in [0.25, 0.3) is 0 Å². The van der Waals surface area contributed by atoms with Gasteiger partial charge in [-0.15, -0.1) is 0 Å². The average molecular weight is 305 g/mol. The van der Waals surface area contributed by atoms with E-state index >= 15 is 0 Å². The molecule has 0 radical (unpaired) electrons. The summed E-state index contributed by atoms with van der Waals surface area (Å²) in [7, 11) is 0. The van der Waals surface area contributed by atoms with Gasteiger partial charge in [-0.25, -0.2) is 4.79 Å². The molecule has 1 saturated heterocycles. The maximum Gasteiger partial charge on any atom is 0.336 e. The molecule has 120 valence electrons. The van der Waals surface area contributed by atoms with Gasteiger partial charge < -0.3 is 15.2 Å². The molecule has 1 aliphatic heterocycles. The molecular formula is C17H23NO4. The average Bonchev–Trinajstić information content (AvgIpc) is 2.48. The van der Waals surface area contributed by atoms with Gasteiger partial charge in [-0.2, -0.15) is 0 Å². The van der Waals surface area contributed by atoms with Crippen LogP contribution in [0.3, 0.4) is 0 Å². The van der Waals surface area contributed by atoms with Gasteiger partial charge in [-0.3, -0.25) is 4.79 Å². The molecule has 0 atom stereocenters. The summed E-state index contributed by atoms with van der Waals surface area (Å²) in [5.74, 6) is -0.488. The molecule has 1 heterocycles. The van der Waals surface area contributed by atoms with Gasteiger partial charge in [0.15, 0.2) is 0 Å². The van der Waals surface area contributed by atoms with Gasteiger partial charge >= 0.3 is 5.97 Å². The number of aryl methyl sites for hydroxylation is 2. The van der Waals surface area contributed by atoms with Gasteiger partial charge in [0.25, 0.3) is 0 Å². The summed E-state index contributed by atoms with van der Waals surface area (Å²) in [5.41, 5.74) is 2.39. The van der Waals surface area contributed by atoms with E-state index in [1.807, 2.05) is 6.92 Å². The molecule has 0 bridgehead atoms. The molecule has 1 aliphatic rings. The number of carbonyl (C=O) groups is 2. The lowest BCUT2D eigenvalue weighted by Crippen LogP contribution is -2.19. The first-order chi connectivity index (χ1) is 10.5. The van der Waals surface area contributed by atoms with Crippen LogP contribution >= 0.6 is 0 Å². The van der Waals surface area contributed by atoms with E-state index in [-0.39, 0.29) is 11.5 Å². The Labute approximate surface area is 130 Å². The van der Waals surface area contributed by atoms with Crippen molar-refractivity contribution in [2.24, 2.45) is 5.92 Å². The molecule has 1 fully saturated rings. The number of hydrogen-bond donors (Lipinski definition) is 2. The van der Waals surface area contributed by atoms with Crippen molar-refractivity contribution in [2.45, 2.75) is 39.5 Å². The molecular weight excluding hydrogens is 282 g/mol. The van der Waals surface area contributed by atoms with Crippen molar-refractivity contribution >= 4 is 17.6 Å². The van der Waals surface area contributed by atoms with Crippen LogP contribution in [0.1, 0.15) is 47.2 Å². The first-order valence-electron chi connectivity index (χ1n) is 7.69. The molecule has 0 spiro atoms. The Morgan fingerprint density at radius 1 is 1.23 bits per heavy atom. The van der Waals surface area contributed by atoms with Crippen LogP contribution in [0.2, 0.25) is 0 Å². The van der Waals surface area contributed by atoms with E-state index < -0.39 is 5.97 Å². The molecule has 0 aliphatic carbocycles. The minimum Gasteiger partial charge on any atom is -0.478 e. The highest BCUT2D eigenvalue weighted by Gasteiger charge is 2.16. The Hall–Kier alpha value is -1.88. The number of ether oxygens (including phenoxy) is 1. The summed E-state index contributed by atoms with van der Waals surface area (Å²) >= 11 is 0. The Morgan fingerprint density at radius 3 is 2.55 bits per heavy atom. The summed E-state index contributed by atoms with van der Waals surface area (Å²) < 4.78 is 5.31. The Bertz CT molecular complexity index is 562. The summed E-state index contributed by atoms with van der Waals surface area (Å²) in [6, 6.07) is 3.33. The summed E-state index contributed by atoms with van der Waals surface area (Å²) in [5, 5.41) is 12.0. The number of amides is 1. The van der Waals surface area contributed by atoms with Crippen LogP contribution in [0.4, 0.5) is 5.69 Å². The van der Waals surface area contributed by atoms with E-state index in [0.29, 0.717) is 23.6 Å². The number of carboxylic acid groups (broad SMARTS) is 1. The predicted molar refractivity (Wildman–Crippen MR) is 84.3 cm³/mol. The minimum absolute atomic E-state index is 0.0604. The lowest BCUT2D eigenvalue weighted by molar-refractivity contribution is -0.116. The summed E-state index contributed by atoms with van der Waals surface area (Å²) in [4.78, 5) is 23.3. The number of anilines is 1. The van der Waals surface area contributed by atoms with Crippen LogP contribution < -0.4 is 5.32 Å². The maximum atomic E-state index is 12.1. The zero-order valence-electron chi connectivity index (χ0n) is 13.1. The first kappa shape index (κ1) is 16.5. The normalized spacial score (nSPS) is 15.5. The third-order valence-electron chi connectivity index (χ3n) is 4.20. The highest BCUT2D eigenvalue weighted by Crippen LogP contribution is 2.23. The fraction of sp³-hybridized carbons (Fsp3) is 0.529. The molecule has 0 saturated carbocycles. The first-order valence-corrected chi connectivity index (χ1v) is 7.69. The van der Waals surface area contributed by atoms with Crippen molar-refractivity contribution in [2.75, 3.05) is 18.5 Å². The second-order valence-electron chi connectivity index (χ2n) is 5.93. The molecule has 22 heavy (non-hydrogen) atoms. The van der Waals surface area contributed by atoms with Gasteiger partial charge in [-0.1, -0.05) is 6.07 Å². The summed E-state index contributed by atoms with van der Waals surface area (Å²) in [6.07, 6.45) is 3.34. The van der Waals surface area contributed by atoms with Crippen molar-refractivity contribution in [1.82, 2.24) is 0 Å². The zero-order valence-corrected chi connectivity index (χ0v) is 13.1. The Kier molecular flexibility index (Phi) is 5.55. The monoisotopic (exact) mass is 305 g/mol. The number of aromatic carboxylic acids is 1. The molecule has 1 amide bonds. The van der Waals surface area contributed by atoms with Crippen LogP contribution in [0.15, 0.2) is 12.1 Å². The number of carbonyl (C=O) groups excluding carboxylic acids is 1. The topological polar surface area (TPSA) is 75.6 Å². The van der Waals surface area contributed by atoms with E-state index in [0.717, 1.165) is 38.0 Å². The zero-order chi connectivity index (χ0) is 16.1. The van der Waals surface area contributed by atoms with Crippen molar-refractivity contribution in [1.29, 1.82) is 0 Å². The fourth-order valence-corrected chi connectivity index (χ4v) is 2.80. The van der Waals surface area contributed by atoms with Gasteiger partial charge in [0, 0.05) is 25.3 Å². The highest BCUT2D eigenvalue weighted by atomic mass is 16.5. The van der Waals surface area contributed by atoms with Crippen molar-refractivity contribution in [3.63, 3.8) is 0 Å². The molecule has 1 aromatic carbocycles. The largest absolute Gasteiger partial charge is 0.478 e. The fourth-order valence-electron chi connectivity index (χ4n) is 2.80. The maximum absolute atomic E-state index is 12.1. The molecule has 0 aromatic heterocycles. The van der Waals surface area contributed by atoms with Gasteiger partial charge in [0.1, 0.15) is 0 Å². The van der Waals surface area contributed by atoms with Crippen LogP contribution in [0, 0.1) is 19.8 Å². The lowest BCUT2D eigenvalue weighted by atomic mass is 9.95. The van der Waals surface area contributed by atoms with E-state index in [1.54, 1.807) is 19.1 Å². The molecule has 1 aromatic rings. The van der Waals surface area contributed by atoms with E-state index in [9.17, 15) is 9.59 Å². The molecule has 0 unspecified atom stereocenters. The van der Waals surface area contributed by atoms with Crippen molar-refractivity contribution in [3.8, 4) is 0 Å². The third-order valence-corrected chi connectivity index (χ3v) is 4.20. The third kappa shape index (κ3) is 4.31. The van der Waals surface area contributed by atoms with Crippen molar-refractivity contribution < 1.29 is 19.4 Å². The molecule has 5 nitrogen and oxygen atoms in total. The van der Waals surface area contributed by atoms with E-state index in [1.165, 1.54) is 0 Å². The molecule has 2 rings (SSSR count). The number of hydrogen-bond acceptors (Lipinski definition) is 3. The second kappa shape index (κ2) is 7.40. The number of nitrogens with one attached hydrogen (secondary N) is 1. The molecule has 5 heteroatoms. The van der Waals surface area contributed by atoms with E-state index in [4.69, 9.17) is 9.84 Å². The minimum atomic E-state index is -0.977. The lowest BCUT2D eigenvalue weighted by Gasteiger charge is -2.21. The van der Waals surface area contributed by atoms with Crippen LogP contribution in [-0.2, 0) is 9.53 Å². The number of benzene rings is 1. The van der Waals surface area contributed by atoms with Crippen LogP contribution in [0.5, 0.6) is 0 Å². The standard InChI is InChI=1S/C17H23NO4/c1-11-9-12(2)15(10-14(11)17(20)21)18-16(19)4-3-13-5-7-22-8-6-13/h9-10,13H,3-8H2,1-2H3,(H,18,19)(H,20,21). The van der Waals surface area contributed by atoms with Crippen LogP contribution in [-0.4, -0.2) is 30.2 Å². The van der Waals surface area contributed by atoms with Gasteiger partial charge in [-0.05, 0) is 56.2 Å². The van der Waals surface area contributed by atoms with Crippen molar-refractivity contribution in [3.05, 3.63) is 28.8 Å². The quantitative estimate of drug-likeness (QED) is 0.876. The van der Waals surface area contributed by atoms with Gasteiger partial charge in [0.05, 0.1) is 5.56 Å². The predicted octanol–water partition coefficient (Wildman–Crippen LogP) is 3.15. The SMILES string of the molecule is Cc1cc(C)c(C(=O)O)cc1NC(=O)CCC1CCOCC1. The smallest absolute Gasteiger partial charge is 0.336 e. The number of carboxylic acids is 1. The highest BCUT2D eigenvalue weighted by molar-refractivity contribution is 5.95.